The zero-order valence-corrected chi connectivity index (χ0v) is 15.6. The second kappa shape index (κ2) is 7.07. The normalized spacial score (nSPS) is 12.4. The summed E-state index contributed by atoms with van der Waals surface area (Å²) in [5.41, 5.74) is 8.33. The van der Waals surface area contributed by atoms with Crippen LogP contribution in [0.4, 0.5) is 5.69 Å². The van der Waals surface area contributed by atoms with Crippen molar-refractivity contribution in [3.05, 3.63) is 49.0 Å². The van der Waals surface area contributed by atoms with Crippen molar-refractivity contribution in [3.8, 4) is 0 Å². The van der Waals surface area contributed by atoms with Gasteiger partial charge in [0.2, 0.25) is 0 Å². The lowest BCUT2D eigenvalue weighted by Gasteiger charge is -2.20. The lowest BCUT2D eigenvalue weighted by Crippen LogP contribution is -2.19. The van der Waals surface area contributed by atoms with E-state index in [0.29, 0.717) is 0 Å². The number of hydrogen-bond acceptors (Lipinski definition) is 3. The molecule has 1 aromatic carbocycles. The minimum atomic E-state index is 0.179. The van der Waals surface area contributed by atoms with Crippen molar-refractivity contribution in [1.82, 2.24) is 0 Å². The molecule has 0 amide bonds. The molecule has 0 bridgehead atoms. The Balaban J connectivity index is 2.10. The third kappa shape index (κ3) is 4.32. The molecule has 108 valence electrons. The number of nitrogens with zero attached hydrogens (tertiary/aromatic N) is 1. The lowest BCUT2D eigenvalue weighted by molar-refractivity contribution is 0.736. The molecule has 1 heterocycles. The molecule has 2 N–H and O–H groups in total. The molecule has 0 spiro atoms. The van der Waals surface area contributed by atoms with Gasteiger partial charge in [-0.05, 0) is 53.0 Å². The van der Waals surface area contributed by atoms with Crippen molar-refractivity contribution in [2.24, 2.45) is 5.73 Å². The van der Waals surface area contributed by atoms with Crippen LogP contribution in [0.2, 0.25) is 0 Å². The van der Waals surface area contributed by atoms with Gasteiger partial charge in [0.15, 0.2) is 0 Å². The van der Waals surface area contributed by atoms with Gasteiger partial charge in [0, 0.05) is 38.0 Å². The largest absolute Gasteiger partial charge is 0.369 e. The first-order valence-electron chi connectivity index (χ1n) is 6.43. The van der Waals surface area contributed by atoms with E-state index in [1.54, 1.807) is 11.3 Å². The maximum atomic E-state index is 5.86. The van der Waals surface area contributed by atoms with Crippen LogP contribution in [-0.2, 0) is 13.0 Å². The van der Waals surface area contributed by atoms with Gasteiger partial charge in [0.05, 0.1) is 6.54 Å². The molecule has 0 saturated heterocycles. The molecule has 1 unspecified atom stereocenters. The fourth-order valence-corrected chi connectivity index (χ4v) is 4.08. The third-order valence-electron chi connectivity index (χ3n) is 3.03. The highest BCUT2D eigenvalue weighted by molar-refractivity contribution is 9.10. The highest BCUT2D eigenvalue weighted by atomic mass is 79.9. The molecule has 2 aromatic rings. The van der Waals surface area contributed by atoms with Crippen LogP contribution in [0.3, 0.4) is 0 Å². The van der Waals surface area contributed by atoms with Gasteiger partial charge in [-0.25, -0.2) is 0 Å². The van der Waals surface area contributed by atoms with E-state index in [9.17, 15) is 0 Å². The van der Waals surface area contributed by atoms with Crippen LogP contribution in [0.5, 0.6) is 0 Å². The smallest absolute Gasteiger partial charge is 0.0519 e. The molecule has 0 fully saturated rings. The van der Waals surface area contributed by atoms with Gasteiger partial charge >= 0.3 is 0 Å². The average Bonchev–Trinajstić information content (AvgIpc) is 2.76. The molecule has 2 rings (SSSR count). The molecule has 0 aliphatic rings. The molecule has 0 aliphatic heterocycles. The summed E-state index contributed by atoms with van der Waals surface area (Å²) in [6.07, 6.45) is 0.891. The van der Waals surface area contributed by atoms with Gasteiger partial charge in [-0.2, -0.15) is 0 Å². The van der Waals surface area contributed by atoms with Gasteiger partial charge < -0.3 is 10.6 Å². The number of nitrogens with two attached hydrogens (primary N) is 1. The molecule has 5 heteroatoms. The summed E-state index contributed by atoms with van der Waals surface area (Å²) in [6.45, 7) is 2.94. The lowest BCUT2D eigenvalue weighted by atomic mass is 10.1. The minimum Gasteiger partial charge on any atom is -0.369 e. The third-order valence-corrected chi connectivity index (χ3v) is 5.45. The summed E-state index contributed by atoms with van der Waals surface area (Å²) in [4.78, 5) is 3.59. The topological polar surface area (TPSA) is 29.3 Å². The zero-order valence-electron chi connectivity index (χ0n) is 11.6. The molecule has 0 radical (unpaired) electrons. The number of anilines is 1. The first-order valence-corrected chi connectivity index (χ1v) is 8.90. The summed E-state index contributed by atoms with van der Waals surface area (Å²) in [5.74, 6) is 0. The molecule has 2 nitrogen and oxygen atoms in total. The number of rotatable bonds is 5. The van der Waals surface area contributed by atoms with E-state index in [0.717, 1.165) is 21.9 Å². The fraction of sp³-hybridized carbons (Fsp3) is 0.333. The Kier molecular flexibility index (Phi) is 5.66. The highest BCUT2D eigenvalue weighted by Crippen LogP contribution is 2.27. The molecular weight excluding hydrogens is 400 g/mol. The van der Waals surface area contributed by atoms with Gasteiger partial charge in [0.25, 0.3) is 0 Å². The first-order chi connectivity index (χ1) is 9.45. The van der Waals surface area contributed by atoms with Gasteiger partial charge in [-0.3, -0.25) is 0 Å². The highest BCUT2D eigenvalue weighted by Gasteiger charge is 2.08. The predicted octanol–water partition coefficient (Wildman–Crippen LogP) is 4.80. The molecule has 0 aliphatic carbocycles. The van der Waals surface area contributed by atoms with E-state index < -0.39 is 0 Å². The Bertz CT molecular complexity index is 581. The summed E-state index contributed by atoms with van der Waals surface area (Å²) < 4.78 is 2.28. The van der Waals surface area contributed by atoms with Gasteiger partial charge in [-0.15, -0.1) is 11.3 Å². The monoisotopic (exact) mass is 416 g/mol. The molecule has 20 heavy (non-hydrogen) atoms. The van der Waals surface area contributed by atoms with Crippen LogP contribution in [0.25, 0.3) is 0 Å². The van der Waals surface area contributed by atoms with E-state index in [2.05, 4.69) is 73.5 Å². The van der Waals surface area contributed by atoms with Crippen LogP contribution in [0, 0.1) is 0 Å². The van der Waals surface area contributed by atoms with Crippen molar-refractivity contribution < 1.29 is 0 Å². The maximum absolute atomic E-state index is 5.86. The van der Waals surface area contributed by atoms with Crippen molar-refractivity contribution in [2.45, 2.75) is 25.9 Å². The molecule has 1 atom stereocenters. The van der Waals surface area contributed by atoms with Crippen LogP contribution >= 0.6 is 43.2 Å². The van der Waals surface area contributed by atoms with Gasteiger partial charge in [-0.1, -0.05) is 22.0 Å². The van der Waals surface area contributed by atoms with E-state index in [1.165, 1.54) is 16.1 Å². The molecule has 0 saturated carbocycles. The Morgan fingerprint density at radius 2 is 2.05 bits per heavy atom. The summed E-state index contributed by atoms with van der Waals surface area (Å²) in [7, 11) is 2.11. The van der Waals surface area contributed by atoms with Crippen molar-refractivity contribution in [1.29, 1.82) is 0 Å². The SMILES string of the molecule is CC(N)Cc1ccc(N(C)Cc2cc(Br)cs2)cc1Br. The number of hydrogen-bond donors (Lipinski definition) is 1. The number of thiophene rings is 1. The van der Waals surface area contributed by atoms with E-state index in [4.69, 9.17) is 5.73 Å². The molecular formula is C15H18Br2N2S. The van der Waals surface area contributed by atoms with Crippen molar-refractivity contribution in [3.63, 3.8) is 0 Å². The van der Waals surface area contributed by atoms with Crippen molar-refractivity contribution in [2.75, 3.05) is 11.9 Å². The van der Waals surface area contributed by atoms with Gasteiger partial charge in [0.1, 0.15) is 0 Å². The van der Waals surface area contributed by atoms with E-state index in [1.807, 2.05) is 6.92 Å². The quantitative estimate of drug-likeness (QED) is 0.756. The standard InChI is InChI=1S/C15H18Br2N2S/c1-10(18)5-11-3-4-13(7-15(11)17)19(2)8-14-6-12(16)9-20-14/h3-4,6-7,9-10H,5,8,18H2,1-2H3. The van der Waals surface area contributed by atoms with E-state index >= 15 is 0 Å². The minimum absolute atomic E-state index is 0.179. The van der Waals surface area contributed by atoms with Crippen molar-refractivity contribution >= 4 is 48.9 Å². The van der Waals surface area contributed by atoms with Crippen LogP contribution < -0.4 is 10.6 Å². The van der Waals surface area contributed by atoms with E-state index in [-0.39, 0.29) is 6.04 Å². The zero-order chi connectivity index (χ0) is 14.7. The fourth-order valence-electron chi connectivity index (χ4n) is 2.05. The summed E-state index contributed by atoms with van der Waals surface area (Å²) >= 11 is 8.91. The summed E-state index contributed by atoms with van der Waals surface area (Å²) in [6, 6.07) is 8.83. The predicted molar refractivity (Wildman–Crippen MR) is 95.6 cm³/mol. The van der Waals surface area contributed by atoms with Crippen LogP contribution in [0.1, 0.15) is 17.4 Å². The second-order valence-electron chi connectivity index (χ2n) is 5.04. The Labute approximate surface area is 141 Å². The Morgan fingerprint density at radius 3 is 2.60 bits per heavy atom. The number of benzene rings is 1. The Hall–Kier alpha value is -0.360. The van der Waals surface area contributed by atoms with Crippen LogP contribution in [-0.4, -0.2) is 13.1 Å². The second-order valence-corrected chi connectivity index (χ2v) is 7.81. The first kappa shape index (κ1) is 16.0. The van der Waals surface area contributed by atoms with Crippen LogP contribution in [0.15, 0.2) is 38.6 Å². The maximum Gasteiger partial charge on any atom is 0.0519 e. The average molecular weight is 418 g/mol. The number of halogens is 2. The summed E-state index contributed by atoms with van der Waals surface area (Å²) in [5, 5.41) is 2.12. The Morgan fingerprint density at radius 1 is 1.30 bits per heavy atom. The molecule has 1 aromatic heterocycles.